The van der Waals surface area contributed by atoms with Gasteiger partial charge in [0.25, 0.3) is 0 Å². The Morgan fingerprint density at radius 1 is 1.07 bits per heavy atom. The fourth-order valence-electron chi connectivity index (χ4n) is 2.65. The molecule has 142 valence electrons. The van der Waals surface area contributed by atoms with E-state index >= 15 is 0 Å². The average Bonchev–Trinajstić information content (AvgIpc) is 2.69. The number of ether oxygens (including phenoxy) is 2. The van der Waals surface area contributed by atoms with Gasteiger partial charge in [-0.1, -0.05) is 39.7 Å². The second-order valence-corrected chi connectivity index (χ2v) is 7.60. The molecule has 0 unspecified atom stereocenters. The monoisotopic (exact) mass is 456 g/mol. The van der Waals surface area contributed by atoms with Crippen molar-refractivity contribution in [1.29, 1.82) is 5.26 Å². The number of aromatic nitrogens is 1. The molecule has 0 aliphatic heterocycles. The minimum absolute atomic E-state index is 0.301. The Hall–Kier alpha value is -2.55. The van der Waals surface area contributed by atoms with Gasteiger partial charge < -0.3 is 9.47 Å². The zero-order chi connectivity index (χ0) is 20.1. The minimum atomic E-state index is 0.301. The van der Waals surface area contributed by atoms with Crippen molar-refractivity contribution in [3.63, 3.8) is 0 Å². The zero-order valence-corrected chi connectivity index (χ0v) is 17.8. The van der Waals surface area contributed by atoms with Crippen molar-refractivity contribution < 1.29 is 9.47 Å². The average molecular weight is 458 g/mol. The summed E-state index contributed by atoms with van der Waals surface area (Å²) in [5.74, 6) is 1.23. The molecule has 6 heteroatoms. The third-order valence-electron chi connectivity index (χ3n) is 4.31. The van der Waals surface area contributed by atoms with Gasteiger partial charge in [0, 0.05) is 28.5 Å². The van der Waals surface area contributed by atoms with E-state index in [4.69, 9.17) is 26.3 Å². The van der Waals surface area contributed by atoms with Gasteiger partial charge in [-0.3, -0.25) is 4.98 Å². The molecular formula is C22H18BrClN2O2. The molecule has 0 saturated carbocycles. The molecule has 0 aliphatic carbocycles. The van der Waals surface area contributed by atoms with Crippen LogP contribution in [0.15, 0.2) is 53.3 Å². The summed E-state index contributed by atoms with van der Waals surface area (Å²) in [4.78, 5) is 4.05. The molecule has 3 rings (SSSR count). The standard InChI is InChI=1S/C22H18BrClN2O2/c1-14-6-20(24)22(28-13-18-4-3-5-19(23)15(18)2)8-21(14)27-12-17-7-16(9-25)10-26-11-17/h3-8,10-11H,12-13H2,1-2H3. The summed E-state index contributed by atoms with van der Waals surface area (Å²) in [5, 5.41) is 9.52. The minimum Gasteiger partial charge on any atom is -0.488 e. The number of rotatable bonds is 6. The number of halogens is 2. The Labute approximate surface area is 177 Å². The fraction of sp³-hybridized carbons (Fsp3) is 0.182. The molecule has 4 nitrogen and oxygen atoms in total. The fourth-order valence-corrected chi connectivity index (χ4v) is 3.33. The molecule has 3 aromatic rings. The van der Waals surface area contributed by atoms with Crippen LogP contribution in [0.4, 0.5) is 0 Å². The van der Waals surface area contributed by atoms with Crippen molar-refractivity contribution in [3.8, 4) is 17.6 Å². The highest BCUT2D eigenvalue weighted by molar-refractivity contribution is 9.10. The second kappa shape index (κ2) is 9.09. The summed E-state index contributed by atoms with van der Waals surface area (Å²) in [7, 11) is 0. The molecule has 0 spiro atoms. The Morgan fingerprint density at radius 2 is 1.86 bits per heavy atom. The van der Waals surface area contributed by atoms with Crippen LogP contribution in [0.5, 0.6) is 11.5 Å². The number of nitriles is 1. The SMILES string of the molecule is Cc1cc(Cl)c(OCc2cccc(Br)c2C)cc1OCc1cncc(C#N)c1. The number of hydrogen-bond donors (Lipinski definition) is 0. The number of aryl methyl sites for hydroxylation is 1. The van der Waals surface area contributed by atoms with Gasteiger partial charge in [0.15, 0.2) is 0 Å². The summed E-state index contributed by atoms with van der Waals surface area (Å²) >= 11 is 9.89. The van der Waals surface area contributed by atoms with Gasteiger partial charge >= 0.3 is 0 Å². The van der Waals surface area contributed by atoms with E-state index in [1.54, 1.807) is 18.3 Å². The topological polar surface area (TPSA) is 55.1 Å². The molecule has 0 atom stereocenters. The quantitative estimate of drug-likeness (QED) is 0.446. The maximum absolute atomic E-state index is 8.98. The maximum atomic E-state index is 8.98. The lowest BCUT2D eigenvalue weighted by molar-refractivity contribution is 0.288. The largest absolute Gasteiger partial charge is 0.488 e. The van der Waals surface area contributed by atoms with Crippen LogP contribution in [-0.4, -0.2) is 4.98 Å². The Balaban J connectivity index is 1.74. The Kier molecular flexibility index (Phi) is 6.56. The molecule has 0 radical (unpaired) electrons. The van der Waals surface area contributed by atoms with Gasteiger partial charge in [-0.15, -0.1) is 0 Å². The van der Waals surface area contributed by atoms with Crippen LogP contribution < -0.4 is 9.47 Å². The first-order valence-corrected chi connectivity index (χ1v) is 9.79. The van der Waals surface area contributed by atoms with Gasteiger partial charge in [0.05, 0.1) is 10.6 Å². The summed E-state index contributed by atoms with van der Waals surface area (Å²) in [6, 6.07) is 13.5. The van der Waals surface area contributed by atoms with Crippen LogP contribution in [-0.2, 0) is 13.2 Å². The van der Waals surface area contributed by atoms with E-state index in [9.17, 15) is 0 Å². The molecule has 0 aliphatic rings. The highest BCUT2D eigenvalue weighted by Crippen LogP contribution is 2.34. The van der Waals surface area contributed by atoms with Crippen molar-refractivity contribution in [2.24, 2.45) is 0 Å². The predicted molar refractivity (Wildman–Crippen MR) is 113 cm³/mol. The van der Waals surface area contributed by atoms with Crippen LogP contribution in [0.1, 0.15) is 27.8 Å². The number of pyridine rings is 1. The summed E-state index contributed by atoms with van der Waals surface area (Å²) < 4.78 is 12.9. The lowest BCUT2D eigenvalue weighted by Crippen LogP contribution is -2.01. The van der Waals surface area contributed by atoms with Crippen LogP contribution >= 0.6 is 27.5 Å². The van der Waals surface area contributed by atoms with Crippen molar-refractivity contribution in [1.82, 2.24) is 4.98 Å². The summed E-state index contributed by atoms with van der Waals surface area (Å²) in [6.07, 6.45) is 3.20. The van der Waals surface area contributed by atoms with E-state index in [-0.39, 0.29) is 0 Å². The van der Waals surface area contributed by atoms with Crippen molar-refractivity contribution in [2.75, 3.05) is 0 Å². The summed E-state index contributed by atoms with van der Waals surface area (Å²) in [6.45, 7) is 4.67. The number of nitrogens with zero attached hydrogens (tertiary/aromatic N) is 2. The molecule has 1 aromatic heterocycles. The third-order valence-corrected chi connectivity index (χ3v) is 5.47. The van der Waals surface area contributed by atoms with Gasteiger partial charge in [-0.05, 0) is 48.7 Å². The van der Waals surface area contributed by atoms with E-state index in [1.807, 2.05) is 38.1 Å². The highest BCUT2D eigenvalue weighted by atomic mass is 79.9. The maximum Gasteiger partial charge on any atom is 0.142 e. The van der Waals surface area contributed by atoms with Gasteiger partial charge in [0.1, 0.15) is 30.8 Å². The van der Waals surface area contributed by atoms with E-state index in [0.29, 0.717) is 35.3 Å². The van der Waals surface area contributed by atoms with E-state index in [1.165, 1.54) is 6.20 Å². The lowest BCUT2D eigenvalue weighted by atomic mass is 10.1. The van der Waals surface area contributed by atoms with Crippen molar-refractivity contribution in [3.05, 3.63) is 86.1 Å². The van der Waals surface area contributed by atoms with Gasteiger partial charge in [-0.25, -0.2) is 0 Å². The number of hydrogen-bond acceptors (Lipinski definition) is 4. The molecule has 0 bridgehead atoms. The zero-order valence-electron chi connectivity index (χ0n) is 15.5. The third kappa shape index (κ3) is 4.83. The second-order valence-electron chi connectivity index (χ2n) is 6.34. The molecule has 2 aromatic carbocycles. The van der Waals surface area contributed by atoms with Crippen LogP contribution in [0, 0.1) is 25.2 Å². The smallest absolute Gasteiger partial charge is 0.142 e. The van der Waals surface area contributed by atoms with Crippen LogP contribution in [0.2, 0.25) is 5.02 Å². The van der Waals surface area contributed by atoms with Gasteiger partial charge in [-0.2, -0.15) is 5.26 Å². The van der Waals surface area contributed by atoms with Crippen LogP contribution in [0.3, 0.4) is 0 Å². The number of benzene rings is 2. The molecule has 0 fully saturated rings. The van der Waals surface area contributed by atoms with Crippen molar-refractivity contribution >= 4 is 27.5 Å². The predicted octanol–water partition coefficient (Wildman–Crippen LogP) is 6.14. The Bertz CT molecular complexity index is 1050. The summed E-state index contributed by atoms with van der Waals surface area (Å²) in [5.41, 5.74) is 4.43. The van der Waals surface area contributed by atoms with Crippen molar-refractivity contribution in [2.45, 2.75) is 27.1 Å². The lowest BCUT2D eigenvalue weighted by Gasteiger charge is -2.15. The molecule has 0 N–H and O–H groups in total. The van der Waals surface area contributed by atoms with E-state index in [2.05, 4.69) is 27.0 Å². The molecule has 28 heavy (non-hydrogen) atoms. The molecule has 0 saturated heterocycles. The highest BCUT2D eigenvalue weighted by Gasteiger charge is 2.11. The molecule has 1 heterocycles. The molecule has 0 amide bonds. The first kappa shape index (κ1) is 20.2. The van der Waals surface area contributed by atoms with Crippen LogP contribution in [0.25, 0.3) is 0 Å². The Morgan fingerprint density at radius 3 is 2.64 bits per heavy atom. The van der Waals surface area contributed by atoms with E-state index < -0.39 is 0 Å². The first-order chi connectivity index (χ1) is 13.5. The first-order valence-electron chi connectivity index (χ1n) is 8.61. The molecular weight excluding hydrogens is 440 g/mol. The van der Waals surface area contributed by atoms with E-state index in [0.717, 1.165) is 26.7 Å². The normalized spacial score (nSPS) is 10.4. The van der Waals surface area contributed by atoms with Gasteiger partial charge in [0.2, 0.25) is 0 Å².